The summed E-state index contributed by atoms with van der Waals surface area (Å²) in [4.78, 5) is 25.1. The van der Waals surface area contributed by atoms with Gasteiger partial charge in [0.15, 0.2) is 0 Å². The van der Waals surface area contributed by atoms with Crippen LogP contribution in [-0.2, 0) is 21.4 Å². The minimum atomic E-state index is -3.62. The molecule has 0 aliphatic rings. The molecule has 2 aromatic carbocycles. The molecule has 0 spiro atoms. The van der Waals surface area contributed by atoms with Gasteiger partial charge in [0.25, 0.3) is 5.91 Å². The van der Waals surface area contributed by atoms with Crippen molar-refractivity contribution in [3.8, 4) is 5.75 Å². The van der Waals surface area contributed by atoms with E-state index in [4.69, 9.17) is 16.3 Å². The molecule has 2 rings (SSSR count). The molecule has 2 aromatic rings. The molecule has 0 bridgehead atoms. The zero-order valence-electron chi connectivity index (χ0n) is 19.2. The molecular weight excluding hydrogens is 468 g/mol. The normalized spacial score (nSPS) is 12.4. The fraction of sp³-hybridized carbons (Fsp3) is 0.364. The minimum Gasteiger partial charge on any atom is -0.489 e. The number of rotatable bonds is 10. The summed E-state index contributed by atoms with van der Waals surface area (Å²) in [6.45, 7) is 3.74. The van der Waals surface area contributed by atoms with Crippen LogP contribution >= 0.6 is 11.6 Å². The smallest absolute Gasteiger partial charge is 0.301 e. The van der Waals surface area contributed by atoms with Crippen molar-refractivity contribution in [1.29, 1.82) is 0 Å². The first-order valence-electron chi connectivity index (χ1n) is 10.2. The fourth-order valence-electron chi connectivity index (χ4n) is 2.80. The Kier molecular flexibility index (Phi) is 9.09. The zero-order valence-corrected chi connectivity index (χ0v) is 20.8. The molecule has 0 radical (unpaired) electrons. The van der Waals surface area contributed by atoms with Crippen molar-refractivity contribution >= 4 is 39.3 Å². The topological polar surface area (TPSA) is 117 Å². The molecule has 3 N–H and O–H groups in total. The molecule has 0 aromatic heterocycles. The van der Waals surface area contributed by atoms with Crippen LogP contribution in [0, 0.1) is 0 Å². The van der Waals surface area contributed by atoms with E-state index >= 15 is 0 Å². The molecule has 0 aliphatic heterocycles. The van der Waals surface area contributed by atoms with Gasteiger partial charge in [-0.1, -0.05) is 23.7 Å². The Bertz CT molecular complexity index is 1090. The molecule has 0 heterocycles. The van der Waals surface area contributed by atoms with Gasteiger partial charge >= 0.3 is 10.2 Å². The lowest BCUT2D eigenvalue weighted by atomic mass is 10.0. The summed E-state index contributed by atoms with van der Waals surface area (Å²) >= 11 is 6.22. The van der Waals surface area contributed by atoms with E-state index < -0.39 is 22.2 Å². The van der Waals surface area contributed by atoms with Crippen molar-refractivity contribution in [2.75, 3.05) is 25.9 Å². The van der Waals surface area contributed by atoms with Crippen molar-refractivity contribution in [1.82, 2.24) is 14.9 Å². The number of hydrogen-bond donors (Lipinski definition) is 3. The van der Waals surface area contributed by atoms with Gasteiger partial charge in [0.05, 0.1) is 11.1 Å². The molecule has 0 saturated carbocycles. The van der Waals surface area contributed by atoms with Crippen molar-refractivity contribution in [2.45, 2.75) is 32.4 Å². The number of carbonyl (C=O) groups is 2. The van der Waals surface area contributed by atoms with Crippen LogP contribution in [0.15, 0.2) is 42.5 Å². The number of anilines is 1. The van der Waals surface area contributed by atoms with E-state index in [0.717, 1.165) is 9.87 Å². The molecule has 180 valence electrons. The third-order valence-corrected chi connectivity index (χ3v) is 6.30. The minimum absolute atomic E-state index is 0.0654. The Morgan fingerprint density at radius 3 is 2.24 bits per heavy atom. The van der Waals surface area contributed by atoms with Crippen LogP contribution in [0.2, 0.25) is 5.02 Å². The Labute approximate surface area is 199 Å². The van der Waals surface area contributed by atoms with Gasteiger partial charge in [-0.05, 0) is 49.7 Å². The Morgan fingerprint density at radius 1 is 1.09 bits per heavy atom. The second kappa shape index (κ2) is 11.4. The van der Waals surface area contributed by atoms with E-state index in [2.05, 4.69) is 15.4 Å². The predicted molar refractivity (Wildman–Crippen MR) is 129 cm³/mol. The fourth-order valence-corrected chi connectivity index (χ4v) is 3.64. The molecule has 0 aliphatic carbocycles. The Morgan fingerprint density at radius 2 is 1.73 bits per heavy atom. The lowest BCUT2D eigenvalue weighted by Gasteiger charge is -2.19. The van der Waals surface area contributed by atoms with Gasteiger partial charge in [0, 0.05) is 38.8 Å². The third kappa shape index (κ3) is 7.62. The van der Waals surface area contributed by atoms with E-state index in [1.165, 1.54) is 27.2 Å². The van der Waals surface area contributed by atoms with Crippen LogP contribution in [0.5, 0.6) is 5.75 Å². The van der Waals surface area contributed by atoms with Crippen LogP contribution in [0.3, 0.4) is 0 Å². The van der Waals surface area contributed by atoms with Crippen molar-refractivity contribution in [2.24, 2.45) is 0 Å². The van der Waals surface area contributed by atoms with Crippen LogP contribution in [-0.4, -0.2) is 57.8 Å². The summed E-state index contributed by atoms with van der Waals surface area (Å²) in [7, 11) is 0.704. The summed E-state index contributed by atoms with van der Waals surface area (Å²) in [6, 6.07) is 10.4. The van der Waals surface area contributed by atoms with Gasteiger partial charge in [0.2, 0.25) is 5.91 Å². The maximum absolute atomic E-state index is 12.8. The first-order chi connectivity index (χ1) is 15.4. The highest BCUT2D eigenvalue weighted by molar-refractivity contribution is 7.90. The van der Waals surface area contributed by atoms with Gasteiger partial charge in [-0.2, -0.15) is 12.7 Å². The molecular formula is C22H29ClN4O5S. The highest BCUT2D eigenvalue weighted by Gasteiger charge is 2.22. The highest BCUT2D eigenvalue weighted by atomic mass is 35.5. The number of benzene rings is 2. The number of hydrogen-bond acceptors (Lipinski definition) is 5. The van der Waals surface area contributed by atoms with Gasteiger partial charge in [0.1, 0.15) is 11.8 Å². The third-order valence-electron chi connectivity index (χ3n) is 4.55. The number of nitrogens with one attached hydrogen (secondary N) is 3. The second-order valence-electron chi connectivity index (χ2n) is 7.74. The Balaban J connectivity index is 2.13. The SMILES string of the molecule is CNC(=O)C(Cc1ccc(NS(=O)(=O)N(C)C)cc1)NC(=O)c1ccc(OC(C)C)c(Cl)c1. The lowest BCUT2D eigenvalue weighted by molar-refractivity contribution is -0.122. The summed E-state index contributed by atoms with van der Waals surface area (Å²) in [5.74, 6) is -0.361. The van der Waals surface area contributed by atoms with E-state index in [1.54, 1.807) is 36.4 Å². The average molecular weight is 497 g/mol. The summed E-state index contributed by atoms with van der Waals surface area (Å²) in [5, 5.41) is 5.56. The van der Waals surface area contributed by atoms with Crippen molar-refractivity contribution in [3.63, 3.8) is 0 Å². The van der Waals surface area contributed by atoms with E-state index in [1.807, 2.05) is 13.8 Å². The van der Waals surface area contributed by atoms with Crippen LogP contribution in [0.1, 0.15) is 29.8 Å². The molecule has 9 nitrogen and oxygen atoms in total. The standard InChI is InChI=1S/C22H29ClN4O5S/c1-14(2)32-20-11-8-16(13-18(20)23)21(28)25-19(22(29)24-3)12-15-6-9-17(10-7-15)26-33(30,31)27(4)5/h6-11,13-14,19,26H,12H2,1-5H3,(H,24,29)(H,25,28). The first kappa shape index (κ1) is 26.4. The lowest BCUT2D eigenvalue weighted by Crippen LogP contribution is -2.47. The molecule has 0 saturated heterocycles. The van der Waals surface area contributed by atoms with Gasteiger partial charge in [-0.15, -0.1) is 0 Å². The average Bonchev–Trinajstić information content (AvgIpc) is 2.74. The molecule has 0 fully saturated rings. The highest BCUT2D eigenvalue weighted by Crippen LogP contribution is 2.26. The molecule has 33 heavy (non-hydrogen) atoms. The van der Waals surface area contributed by atoms with Gasteiger partial charge < -0.3 is 15.4 Å². The van der Waals surface area contributed by atoms with Crippen LogP contribution < -0.4 is 20.1 Å². The maximum Gasteiger partial charge on any atom is 0.301 e. The van der Waals surface area contributed by atoms with Gasteiger partial charge in [-0.3, -0.25) is 14.3 Å². The maximum atomic E-state index is 12.8. The van der Waals surface area contributed by atoms with E-state index in [0.29, 0.717) is 22.0 Å². The summed E-state index contributed by atoms with van der Waals surface area (Å²) in [5.41, 5.74) is 1.40. The number of nitrogens with zero attached hydrogens (tertiary/aromatic N) is 1. The largest absolute Gasteiger partial charge is 0.489 e. The van der Waals surface area contributed by atoms with Gasteiger partial charge in [-0.25, -0.2) is 0 Å². The first-order valence-corrected chi connectivity index (χ1v) is 12.0. The Hall–Kier alpha value is -2.82. The summed E-state index contributed by atoms with van der Waals surface area (Å²) < 4.78 is 33.0. The molecule has 1 atom stereocenters. The van der Waals surface area contributed by atoms with Crippen LogP contribution in [0.4, 0.5) is 5.69 Å². The summed E-state index contributed by atoms with van der Waals surface area (Å²) in [6.07, 6.45) is 0.137. The number of likely N-dealkylation sites (N-methyl/N-ethyl adjacent to an activating group) is 1. The molecule has 1 unspecified atom stereocenters. The monoisotopic (exact) mass is 496 g/mol. The molecule has 11 heteroatoms. The number of ether oxygens (including phenoxy) is 1. The quantitative estimate of drug-likeness (QED) is 0.467. The molecule has 2 amide bonds. The number of amides is 2. The number of carbonyl (C=O) groups excluding carboxylic acids is 2. The number of halogens is 1. The van der Waals surface area contributed by atoms with E-state index in [9.17, 15) is 18.0 Å². The van der Waals surface area contributed by atoms with Crippen molar-refractivity contribution in [3.05, 3.63) is 58.6 Å². The van der Waals surface area contributed by atoms with Crippen molar-refractivity contribution < 1.29 is 22.7 Å². The predicted octanol–water partition coefficient (Wildman–Crippen LogP) is 2.43. The van der Waals surface area contributed by atoms with Crippen LogP contribution in [0.25, 0.3) is 0 Å². The van der Waals surface area contributed by atoms with E-state index in [-0.39, 0.29) is 18.4 Å². The second-order valence-corrected chi connectivity index (χ2v) is 10.0. The zero-order chi connectivity index (χ0) is 24.8.